The molecule has 3 N–H and O–H groups in total. The van der Waals surface area contributed by atoms with Crippen molar-refractivity contribution < 1.29 is 39.9 Å². The smallest absolute Gasteiger partial charge is 0.378 e. The van der Waals surface area contributed by atoms with E-state index in [4.69, 9.17) is 4.74 Å². The summed E-state index contributed by atoms with van der Waals surface area (Å²) >= 11 is 0. The maximum atomic E-state index is 13.4. The molecule has 0 bridgehead atoms. The van der Waals surface area contributed by atoms with Crippen LogP contribution in [0.15, 0.2) is 42.6 Å². The van der Waals surface area contributed by atoms with Crippen molar-refractivity contribution in [3.8, 4) is 0 Å². The molecular formula is C22H22F5N5O4S. The molecule has 0 aliphatic carbocycles. The van der Waals surface area contributed by atoms with Gasteiger partial charge in [-0.15, -0.1) is 0 Å². The summed E-state index contributed by atoms with van der Waals surface area (Å²) in [6.07, 6.45) is -2.64. The van der Waals surface area contributed by atoms with Crippen LogP contribution in [-0.2, 0) is 20.9 Å². The highest BCUT2D eigenvalue weighted by Gasteiger charge is 2.33. The second-order valence-electron chi connectivity index (χ2n) is 8.59. The molecule has 1 aliphatic rings. The summed E-state index contributed by atoms with van der Waals surface area (Å²) in [7, 11) is -3.54. The normalized spacial score (nSPS) is 18.7. The van der Waals surface area contributed by atoms with Crippen LogP contribution in [0.2, 0.25) is 0 Å². The number of alkyl halides is 5. The van der Waals surface area contributed by atoms with Crippen LogP contribution in [0, 0.1) is 0 Å². The molecule has 4 rings (SSSR count). The van der Waals surface area contributed by atoms with Crippen molar-refractivity contribution >= 4 is 38.2 Å². The average Bonchev–Trinajstić information content (AvgIpc) is 3.23. The van der Waals surface area contributed by atoms with Crippen LogP contribution in [0.1, 0.15) is 28.9 Å². The van der Waals surface area contributed by atoms with Gasteiger partial charge in [0.15, 0.2) is 0 Å². The molecule has 0 spiro atoms. The number of amides is 1. The van der Waals surface area contributed by atoms with Crippen LogP contribution in [-0.4, -0.2) is 55.7 Å². The first-order valence-corrected chi connectivity index (χ1v) is 12.8. The molecule has 0 saturated carbocycles. The molecule has 1 fully saturated rings. The summed E-state index contributed by atoms with van der Waals surface area (Å²) in [4.78, 5) is 12.7. The van der Waals surface area contributed by atoms with Gasteiger partial charge < -0.3 is 15.4 Å². The fourth-order valence-electron chi connectivity index (χ4n) is 3.99. The SMILES string of the molecule is CS(=O)(=O)Nc1cccc(C(=O)N[C@@H]2COC[C@H](Nc3cc(C(F)(F)F)cc4cn(C(F)F)nc34)C2)c1. The van der Waals surface area contributed by atoms with Gasteiger partial charge in [-0.3, -0.25) is 9.52 Å². The third-order valence-electron chi connectivity index (χ3n) is 5.48. The van der Waals surface area contributed by atoms with E-state index < -0.39 is 46.3 Å². The van der Waals surface area contributed by atoms with Crippen LogP contribution < -0.4 is 15.4 Å². The van der Waals surface area contributed by atoms with Crippen LogP contribution in [0.3, 0.4) is 0 Å². The van der Waals surface area contributed by atoms with Gasteiger partial charge in [0.2, 0.25) is 10.0 Å². The number of hydrogen-bond donors (Lipinski definition) is 3. The van der Waals surface area contributed by atoms with Gasteiger partial charge in [-0.1, -0.05) is 6.07 Å². The molecule has 37 heavy (non-hydrogen) atoms. The number of sulfonamides is 1. The minimum atomic E-state index is -4.71. The monoisotopic (exact) mass is 547 g/mol. The Morgan fingerprint density at radius 3 is 2.57 bits per heavy atom. The Balaban J connectivity index is 1.50. The summed E-state index contributed by atoms with van der Waals surface area (Å²) < 4.78 is 97.4. The Labute approximate surface area is 208 Å². The number of carbonyl (C=O) groups is 1. The number of ether oxygens (including phenoxy) is 1. The number of benzene rings is 2. The molecule has 2 heterocycles. The Morgan fingerprint density at radius 2 is 1.89 bits per heavy atom. The quantitative estimate of drug-likeness (QED) is 0.388. The molecule has 1 aliphatic heterocycles. The highest BCUT2D eigenvalue weighted by molar-refractivity contribution is 7.92. The first-order valence-electron chi connectivity index (χ1n) is 10.9. The zero-order valence-corrected chi connectivity index (χ0v) is 20.0. The Morgan fingerprint density at radius 1 is 1.16 bits per heavy atom. The summed E-state index contributed by atoms with van der Waals surface area (Å²) in [5, 5.41) is 9.26. The zero-order chi connectivity index (χ0) is 27.0. The first kappa shape index (κ1) is 26.6. The Hall–Kier alpha value is -3.46. The molecule has 0 radical (unpaired) electrons. The first-order chi connectivity index (χ1) is 17.3. The van der Waals surface area contributed by atoms with Crippen molar-refractivity contribution in [2.75, 3.05) is 29.5 Å². The lowest BCUT2D eigenvalue weighted by Gasteiger charge is -2.31. The second-order valence-corrected chi connectivity index (χ2v) is 10.3. The summed E-state index contributed by atoms with van der Waals surface area (Å²) in [5.41, 5.74) is -0.799. The third-order valence-corrected chi connectivity index (χ3v) is 6.09. The van der Waals surface area contributed by atoms with Crippen LogP contribution in [0.5, 0.6) is 0 Å². The minimum absolute atomic E-state index is 0.0605. The number of hydrogen-bond acceptors (Lipinski definition) is 6. The van der Waals surface area contributed by atoms with Gasteiger partial charge in [0.1, 0.15) is 5.52 Å². The number of aromatic nitrogens is 2. The van der Waals surface area contributed by atoms with Crippen molar-refractivity contribution in [2.45, 2.75) is 31.2 Å². The molecule has 1 saturated heterocycles. The van der Waals surface area contributed by atoms with Gasteiger partial charge in [-0.05, 0) is 36.8 Å². The van der Waals surface area contributed by atoms with E-state index in [1.165, 1.54) is 24.3 Å². The van der Waals surface area contributed by atoms with E-state index >= 15 is 0 Å². The lowest BCUT2D eigenvalue weighted by Crippen LogP contribution is -2.47. The standard InChI is InChI=1S/C22H22F5N5O4S/c1-37(34,35)31-15-4-2-3-12(6-15)20(33)29-17-8-16(10-36-11-17)28-18-7-14(22(25,26)27)5-13-9-32(21(23)24)30-19(13)18/h2-7,9,16-17,21,28,31H,8,10-11H2,1H3,(H,29,33)/t16-,17+/m1/s1. The molecule has 1 aromatic heterocycles. The van der Waals surface area contributed by atoms with E-state index in [-0.39, 0.29) is 52.2 Å². The van der Waals surface area contributed by atoms with Gasteiger partial charge in [0.05, 0.1) is 42.8 Å². The molecule has 9 nitrogen and oxygen atoms in total. The van der Waals surface area contributed by atoms with E-state index in [1.54, 1.807) is 0 Å². The van der Waals surface area contributed by atoms with Crippen molar-refractivity contribution in [2.24, 2.45) is 0 Å². The minimum Gasteiger partial charge on any atom is -0.378 e. The van der Waals surface area contributed by atoms with Crippen molar-refractivity contribution in [3.63, 3.8) is 0 Å². The van der Waals surface area contributed by atoms with Crippen molar-refractivity contribution in [3.05, 3.63) is 53.7 Å². The predicted molar refractivity (Wildman–Crippen MR) is 125 cm³/mol. The Bertz CT molecular complexity index is 1410. The highest BCUT2D eigenvalue weighted by Crippen LogP contribution is 2.36. The van der Waals surface area contributed by atoms with E-state index in [0.717, 1.165) is 24.6 Å². The number of halogens is 5. The molecule has 0 unspecified atom stereocenters. The average molecular weight is 548 g/mol. The van der Waals surface area contributed by atoms with E-state index in [9.17, 15) is 35.2 Å². The molecule has 1 amide bonds. The number of anilines is 2. The molecule has 3 aromatic rings. The highest BCUT2D eigenvalue weighted by atomic mass is 32.2. The third kappa shape index (κ3) is 6.65. The van der Waals surface area contributed by atoms with Crippen molar-refractivity contribution in [1.82, 2.24) is 15.1 Å². The Kier molecular flexibility index (Phi) is 7.28. The van der Waals surface area contributed by atoms with E-state index in [0.29, 0.717) is 0 Å². The van der Waals surface area contributed by atoms with E-state index in [2.05, 4.69) is 20.5 Å². The number of nitrogens with one attached hydrogen (secondary N) is 3. The molecule has 200 valence electrons. The van der Waals surface area contributed by atoms with Crippen molar-refractivity contribution in [1.29, 1.82) is 0 Å². The summed E-state index contributed by atoms with van der Waals surface area (Å²) in [5.74, 6) is -0.511. The van der Waals surface area contributed by atoms with Gasteiger partial charge in [0, 0.05) is 22.8 Å². The van der Waals surface area contributed by atoms with Crippen LogP contribution >= 0.6 is 0 Å². The molecular weight excluding hydrogens is 525 g/mol. The maximum Gasteiger partial charge on any atom is 0.416 e. The number of nitrogens with zero attached hydrogens (tertiary/aromatic N) is 2. The zero-order valence-electron chi connectivity index (χ0n) is 19.2. The van der Waals surface area contributed by atoms with Crippen LogP contribution in [0.25, 0.3) is 10.9 Å². The second kappa shape index (κ2) is 10.1. The largest absolute Gasteiger partial charge is 0.416 e. The topological polar surface area (TPSA) is 114 Å². The van der Waals surface area contributed by atoms with Gasteiger partial charge in [-0.25, -0.2) is 13.1 Å². The molecule has 2 aromatic carbocycles. The predicted octanol–water partition coefficient (Wildman–Crippen LogP) is 3.82. The van der Waals surface area contributed by atoms with Crippen LogP contribution in [0.4, 0.5) is 33.3 Å². The summed E-state index contributed by atoms with van der Waals surface area (Å²) in [6.45, 7) is -2.81. The van der Waals surface area contributed by atoms with Gasteiger partial charge in [0.25, 0.3) is 5.91 Å². The lowest BCUT2D eigenvalue weighted by molar-refractivity contribution is -0.137. The maximum absolute atomic E-state index is 13.4. The van der Waals surface area contributed by atoms with Gasteiger partial charge in [-0.2, -0.15) is 27.1 Å². The number of rotatable bonds is 7. The number of fused-ring (bicyclic) bond motifs is 1. The van der Waals surface area contributed by atoms with E-state index in [1.807, 2.05) is 0 Å². The molecule has 2 atom stereocenters. The fourth-order valence-corrected chi connectivity index (χ4v) is 4.54. The van der Waals surface area contributed by atoms with Gasteiger partial charge >= 0.3 is 12.7 Å². The number of carbonyl (C=O) groups excluding carboxylic acids is 1. The lowest BCUT2D eigenvalue weighted by atomic mass is 10.0. The summed E-state index contributed by atoms with van der Waals surface area (Å²) in [6, 6.07) is 6.27. The fraction of sp³-hybridized carbons (Fsp3) is 0.364. The molecule has 15 heteroatoms.